The summed E-state index contributed by atoms with van der Waals surface area (Å²) in [6, 6.07) is 0.811. The second-order valence-electron chi connectivity index (χ2n) is 3.28. The molecule has 2 unspecified atom stereocenters. The van der Waals surface area contributed by atoms with Crippen LogP contribution in [0.3, 0.4) is 0 Å². The van der Waals surface area contributed by atoms with E-state index in [0.717, 1.165) is 17.8 Å². The first-order chi connectivity index (χ1) is 5.36. The highest BCUT2D eigenvalue weighted by Crippen LogP contribution is 2.26. The van der Waals surface area contributed by atoms with Crippen LogP contribution in [-0.2, 0) is 0 Å². The molecule has 1 rings (SSSR count). The summed E-state index contributed by atoms with van der Waals surface area (Å²) in [5.74, 6) is 0. The highest BCUT2D eigenvalue weighted by Gasteiger charge is 2.19. The predicted molar refractivity (Wildman–Crippen MR) is 53.2 cm³/mol. The zero-order valence-corrected chi connectivity index (χ0v) is 8.41. The molecule has 1 aliphatic rings. The van der Waals surface area contributed by atoms with Crippen molar-refractivity contribution in [1.82, 2.24) is 5.32 Å². The Morgan fingerprint density at radius 1 is 1.45 bits per heavy atom. The van der Waals surface area contributed by atoms with Gasteiger partial charge in [0.05, 0.1) is 0 Å². The Morgan fingerprint density at radius 2 is 2.27 bits per heavy atom. The third kappa shape index (κ3) is 3.04. The topological polar surface area (TPSA) is 12.0 Å². The van der Waals surface area contributed by atoms with Gasteiger partial charge in [0.2, 0.25) is 0 Å². The van der Waals surface area contributed by atoms with E-state index in [2.05, 4.69) is 18.5 Å². The molecule has 1 aliphatic carbocycles. The summed E-state index contributed by atoms with van der Waals surface area (Å²) >= 11 is 2.04. The summed E-state index contributed by atoms with van der Waals surface area (Å²) in [7, 11) is 0. The van der Waals surface area contributed by atoms with Crippen LogP contribution in [0.15, 0.2) is 0 Å². The highest BCUT2D eigenvalue weighted by molar-refractivity contribution is 7.99. The SMILES string of the molecule is CCNC1CCCC(SC)C1. The van der Waals surface area contributed by atoms with Crippen LogP contribution in [0.1, 0.15) is 32.6 Å². The minimum Gasteiger partial charge on any atom is -0.314 e. The first-order valence-electron chi connectivity index (χ1n) is 4.63. The molecule has 0 radical (unpaired) electrons. The molecule has 0 spiro atoms. The van der Waals surface area contributed by atoms with Crippen LogP contribution in [-0.4, -0.2) is 24.1 Å². The molecule has 0 aromatic carbocycles. The smallest absolute Gasteiger partial charge is 0.00774 e. The summed E-state index contributed by atoms with van der Waals surface area (Å²) in [4.78, 5) is 0. The van der Waals surface area contributed by atoms with Gasteiger partial charge < -0.3 is 5.32 Å². The van der Waals surface area contributed by atoms with Gasteiger partial charge in [-0.1, -0.05) is 13.3 Å². The maximum absolute atomic E-state index is 3.54. The van der Waals surface area contributed by atoms with Crippen molar-refractivity contribution in [3.8, 4) is 0 Å². The molecule has 1 nitrogen and oxygen atoms in total. The first-order valence-corrected chi connectivity index (χ1v) is 5.91. The fourth-order valence-electron chi connectivity index (χ4n) is 1.83. The maximum atomic E-state index is 3.54. The number of hydrogen-bond acceptors (Lipinski definition) is 2. The van der Waals surface area contributed by atoms with Crippen molar-refractivity contribution >= 4 is 11.8 Å². The van der Waals surface area contributed by atoms with Gasteiger partial charge in [-0.2, -0.15) is 11.8 Å². The zero-order chi connectivity index (χ0) is 8.10. The number of nitrogens with one attached hydrogen (secondary N) is 1. The lowest BCUT2D eigenvalue weighted by atomic mass is 9.95. The largest absolute Gasteiger partial charge is 0.314 e. The summed E-state index contributed by atoms with van der Waals surface area (Å²) in [5, 5.41) is 4.46. The van der Waals surface area contributed by atoms with Crippen LogP contribution in [0, 0.1) is 0 Å². The third-order valence-electron chi connectivity index (χ3n) is 2.45. The predicted octanol–water partition coefficient (Wildman–Crippen LogP) is 2.27. The molecule has 2 heteroatoms. The number of hydrogen-bond donors (Lipinski definition) is 1. The monoisotopic (exact) mass is 173 g/mol. The fraction of sp³-hybridized carbons (Fsp3) is 1.00. The molecule has 0 aromatic heterocycles. The van der Waals surface area contributed by atoms with E-state index in [1.807, 2.05) is 11.8 Å². The summed E-state index contributed by atoms with van der Waals surface area (Å²) in [6.45, 7) is 3.33. The van der Waals surface area contributed by atoms with Crippen LogP contribution in [0.25, 0.3) is 0 Å². The lowest BCUT2D eigenvalue weighted by molar-refractivity contribution is 0.388. The van der Waals surface area contributed by atoms with Gasteiger partial charge in [0.1, 0.15) is 0 Å². The van der Waals surface area contributed by atoms with Crippen molar-refractivity contribution in [3.63, 3.8) is 0 Å². The Bertz CT molecular complexity index is 104. The van der Waals surface area contributed by atoms with Gasteiger partial charge in [-0.25, -0.2) is 0 Å². The van der Waals surface area contributed by atoms with Crippen molar-refractivity contribution in [2.75, 3.05) is 12.8 Å². The van der Waals surface area contributed by atoms with Gasteiger partial charge in [0, 0.05) is 11.3 Å². The maximum Gasteiger partial charge on any atom is 0.00774 e. The van der Waals surface area contributed by atoms with Crippen molar-refractivity contribution in [2.24, 2.45) is 0 Å². The van der Waals surface area contributed by atoms with Crippen LogP contribution >= 0.6 is 11.8 Å². The highest BCUT2D eigenvalue weighted by atomic mass is 32.2. The average Bonchev–Trinajstić information content (AvgIpc) is 2.06. The molecule has 1 fully saturated rings. The lowest BCUT2D eigenvalue weighted by Gasteiger charge is -2.28. The van der Waals surface area contributed by atoms with Crippen molar-refractivity contribution in [3.05, 3.63) is 0 Å². The normalized spacial score (nSPS) is 32.2. The fourth-order valence-corrected chi connectivity index (χ4v) is 2.66. The molecule has 0 heterocycles. The Balaban J connectivity index is 2.21. The van der Waals surface area contributed by atoms with Gasteiger partial charge in [-0.05, 0) is 32.1 Å². The Kier molecular flexibility index (Phi) is 4.31. The van der Waals surface area contributed by atoms with Crippen molar-refractivity contribution in [2.45, 2.75) is 43.9 Å². The minimum atomic E-state index is 0.811. The zero-order valence-electron chi connectivity index (χ0n) is 7.60. The Morgan fingerprint density at radius 3 is 2.91 bits per heavy atom. The standard InChI is InChI=1S/C9H19NS/c1-3-10-8-5-4-6-9(7-8)11-2/h8-10H,3-7H2,1-2H3. The molecule has 66 valence electrons. The van der Waals surface area contributed by atoms with E-state index in [1.54, 1.807) is 0 Å². The van der Waals surface area contributed by atoms with Gasteiger partial charge in [0.15, 0.2) is 0 Å². The van der Waals surface area contributed by atoms with Crippen LogP contribution in [0.4, 0.5) is 0 Å². The van der Waals surface area contributed by atoms with Crippen molar-refractivity contribution in [1.29, 1.82) is 0 Å². The van der Waals surface area contributed by atoms with Gasteiger partial charge in [-0.3, -0.25) is 0 Å². The van der Waals surface area contributed by atoms with Crippen LogP contribution in [0.2, 0.25) is 0 Å². The van der Waals surface area contributed by atoms with E-state index in [9.17, 15) is 0 Å². The van der Waals surface area contributed by atoms with Gasteiger partial charge in [-0.15, -0.1) is 0 Å². The number of thioether (sulfide) groups is 1. The average molecular weight is 173 g/mol. The molecule has 2 atom stereocenters. The van der Waals surface area contributed by atoms with E-state index >= 15 is 0 Å². The second kappa shape index (κ2) is 5.04. The molecular formula is C9H19NS. The molecule has 11 heavy (non-hydrogen) atoms. The molecular weight excluding hydrogens is 154 g/mol. The number of rotatable bonds is 3. The van der Waals surface area contributed by atoms with Crippen LogP contribution < -0.4 is 5.32 Å². The summed E-state index contributed by atoms with van der Waals surface area (Å²) in [6.07, 6.45) is 7.87. The Labute approximate surface area is 74.3 Å². The van der Waals surface area contributed by atoms with Gasteiger partial charge in [0.25, 0.3) is 0 Å². The quantitative estimate of drug-likeness (QED) is 0.702. The van der Waals surface area contributed by atoms with Gasteiger partial charge >= 0.3 is 0 Å². The Hall–Kier alpha value is 0.310. The molecule has 0 bridgehead atoms. The molecule has 0 amide bonds. The van der Waals surface area contributed by atoms with E-state index in [-0.39, 0.29) is 0 Å². The van der Waals surface area contributed by atoms with Crippen molar-refractivity contribution < 1.29 is 0 Å². The second-order valence-corrected chi connectivity index (χ2v) is 4.42. The van der Waals surface area contributed by atoms with E-state index < -0.39 is 0 Å². The summed E-state index contributed by atoms with van der Waals surface area (Å²) in [5.41, 5.74) is 0. The van der Waals surface area contributed by atoms with E-state index in [4.69, 9.17) is 0 Å². The van der Waals surface area contributed by atoms with E-state index in [0.29, 0.717) is 0 Å². The molecule has 0 aliphatic heterocycles. The van der Waals surface area contributed by atoms with E-state index in [1.165, 1.54) is 25.7 Å². The molecule has 0 aromatic rings. The summed E-state index contributed by atoms with van der Waals surface area (Å²) < 4.78 is 0. The molecule has 0 saturated heterocycles. The third-order valence-corrected chi connectivity index (χ3v) is 3.55. The minimum absolute atomic E-state index is 0.811. The van der Waals surface area contributed by atoms with Crippen LogP contribution in [0.5, 0.6) is 0 Å². The molecule has 1 N–H and O–H groups in total. The lowest BCUT2D eigenvalue weighted by Crippen LogP contribution is -2.34. The first kappa shape index (κ1) is 9.40. The molecule has 1 saturated carbocycles.